The van der Waals surface area contributed by atoms with E-state index < -0.39 is 0 Å². The first-order valence-corrected chi connectivity index (χ1v) is 6.61. The molecule has 1 aromatic carbocycles. The third kappa shape index (κ3) is 3.85. The van der Waals surface area contributed by atoms with Crippen molar-refractivity contribution in [2.75, 3.05) is 11.9 Å². The van der Waals surface area contributed by atoms with E-state index in [1.807, 2.05) is 13.0 Å². The maximum atomic E-state index is 12.1. The van der Waals surface area contributed by atoms with Crippen LogP contribution in [0.4, 0.5) is 5.82 Å². The minimum atomic E-state index is -0.202. The van der Waals surface area contributed by atoms with E-state index in [0.717, 1.165) is 5.69 Å². The zero-order valence-corrected chi connectivity index (χ0v) is 11.9. The predicted octanol–water partition coefficient (Wildman–Crippen LogP) is 3.01. The second-order valence-corrected chi connectivity index (χ2v) is 5.12. The van der Waals surface area contributed by atoms with Gasteiger partial charge in [0, 0.05) is 17.3 Å². The molecule has 0 bridgehead atoms. The van der Waals surface area contributed by atoms with Crippen LogP contribution in [0.1, 0.15) is 29.9 Å². The van der Waals surface area contributed by atoms with Gasteiger partial charge in [0.15, 0.2) is 5.82 Å². The van der Waals surface area contributed by atoms with Crippen molar-refractivity contribution in [3.63, 3.8) is 0 Å². The van der Waals surface area contributed by atoms with Crippen molar-refractivity contribution >= 4 is 11.7 Å². The lowest BCUT2D eigenvalue weighted by atomic mass is 10.2. The number of H-pyrrole nitrogens is 1. The molecule has 1 heterocycles. The van der Waals surface area contributed by atoms with Gasteiger partial charge in [0.2, 0.25) is 0 Å². The molecule has 0 aliphatic heterocycles. The number of anilines is 1. The van der Waals surface area contributed by atoms with Gasteiger partial charge < -0.3 is 10.1 Å². The number of nitrogens with zero attached hydrogens (tertiary/aromatic N) is 1. The Hall–Kier alpha value is -2.30. The third-order valence-corrected chi connectivity index (χ3v) is 2.63. The number of nitrogens with one attached hydrogen (secondary N) is 2. The van der Waals surface area contributed by atoms with E-state index in [4.69, 9.17) is 4.74 Å². The van der Waals surface area contributed by atoms with Crippen LogP contribution in [-0.4, -0.2) is 22.7 Å². The Labute approximate surface area is 118 Å². The highest BCUT2D eigenvalue weighted by molar-refractivity contribution is 6.04. The fourth-order valence-electron chi connectivity index (χ4n) is 1.66. The molecular weight excluding hydrogens is 254 g/mol. The monoisotopic (exact) mass is 273 g/mol. The molecule has 0 aliphatic rings. The summed E-state index contributed by atoms with van der Waals surface area (Å²) in [6, 6.07) is 8.91. The van der Waals surface area contributed by atoms with Crippen molar-refractivity contribution in [3.8, 4) is 5.75 Å². The first kappa shape index (κ1) is 14.1. The van der Waals surface area contributed by atoms with Crippen LogP contribution in [0.25, 0.3) is 0 Å². The first-order chi connectivity index (χ1) is 9.54. The minimum absolute atomic E-state index is 0.202. The molecule has 20 heavy (non-hydrogen) atoms. The highest BCUT2D eigenvalue weighted by Crippen LogP contribution is 2.15. The number of aromatic amines is 1. The van der Waals surface area contributed by atoms with Crippen molar-refractivity contribution in [1.82, 2.24) is 10.2 Å². The van der Waals surface area contributed by atoms with Crippen molar-refractivity contribution in [2.45, 2.75) is 20.8 Å². The number of amides is 1. The average molecular weight is 273 g/mol. The Kier molecular flexibility index (Phi) is 4.40. The second-order valence-electron chi connectivity index (χ2n) is 5.12. The summed E-state index contributed by atoms with van der Waals surface area (Å²) in [6.07, 6.45) is 0. The molecule has 2 N–H and O–H groups in total. The quantitative estimate of drug-likeness (QED) is 0.880. The molecule has 0 atom stereocenters. The summed E-state index contributed by atoms with van der Waals surface area (Å²) >= 11 is 0. The lowest BCUT2D eigenvalue weighted by molar-refractivity contribution is 0.102. The lowest BCUT2D eigenvalue weighted by Crippen LogP contribution is -2.12. The van der Waals surface area contributed by atoms with Crippen LogP contribution < -0.4 is 10.1 Å². The van der Waals surface area contributed by atoms with E-state index >= 15 is 0 Å². The van der Waals surface area contributed by atoms with Gasteiger partial charge in [0.05, 0.1) is 6.61 Å². The van der Waals surface area contributed by atoms with E-state index in [1.165, 1.54) is 0 Å². The van der Waals surface area contributed by atoms with Crippen LogP contribution in [0.5, 0.6) is 5.75 Å². The van der Waals surface area contributed by atoms with Gasteiger partial charge in [0.25, 0.3) is 5.91 Å². The maximum absolute atomic E-state index is 12.1. The topological polar surface area (TPSA) is 67.0 Å². The molecule has 2 aromatic rings. The molecule has 5 heteroatoms. The highest BCUT2D eigenvalue weighted by atomic mass is 16.5. The third-order valence-electron chi connectivity index (χ3n) is 2.63. The minimum Gasteiger partial charge on any atom is -0.493 e. The van der Waals surface area contributed by atoms with Crippen molar-refractivity contribution in [3.05, 3.63) is 41.6 Å². The fraction of sp³-hybridized carbons (Fsp3) is 0.333. The zero-order chi connectivity index (χ0) is 14.5. The number of hydrogen-bond donors (Lipinski definition) is 2. The Bertz CT molecular complexity index is 590. The number of aromatic nitrogens is 2. The Morgan fingerprint density at radius 2 is 2.20 bits per heavy atom. The molecule has 106 valence electrons. The van der Waals surface area contributed by atoms with Gasteiger partial charge in [-0.15, -0.1) is 0 Å². The molecule has 0 spiro atoms. The van der Waals surface area contributed by atoms with E-state index in [0.29, 0.717) is 29.7 Å². The fourth-order valence-corrected chi connectivity index (χ4v) is 1.66. The molecule has 1 aromatic heterocycles. The normalized spacial score (nSPS) is 10.6. The molecule has 1 amide bonds. The van der Waals surface area contributed by atoms with Crippen LogP contribution in [0.3, 0.4) is 0 Å². The van der Waals surface area contributed by atoms with Crippen LogP contribution in [0.15, 0.2) is 30.3 Å². The molecule has 5 nitrogen and oxygen atoms in total. The summed E-state index contributed by atoms with van der Waals surface area (Å²) in [7, 11) is 0. The predicted molar refractivity (Wildman–Crippen MR) is 78.1 cm³/mol. The van der Waals surface area contributed by atoms with Gasteiger partial charge in [-0.25, -0.2) is 0 Å². The van der Waals surface area contributed by atoms with Crippen LogP contribution in [0, 0.1) is 12.8 Å². The largest absolute Gasteiger partial charge is 0.493 e. The molecule has 0 saturated heterocycles. The van der Waals surface area contributed by atoms with Gasteiger partial charge in [-0.05, 0) is 31.0 Å². The first-order valence-electron chi connectivity index (χ1n) is 6.61. The van der Waals surface area contributed by atoms with Crippen LogP contribution >= 0.6 is 0 Å². The number of carbonyl (C=O) groups is 1. The number of hydrogen-bond acceptors (Lipinski definition) is 3. The molecule has 0 aliphatic carbocycles. The van der Waals surface area contributed by atoms with E-state index in [-0.39, 0.29) is 5.91 Å². The number of benzene rings is 1. The maximum Gasteiger partial charge on any atom is 0.256 e. The van der Waals surface area contributed by atoms with Gasteiger partial charge in [-0.2, -0.15) is 5.10 Å². The molecule has 0 fully saturated rings. The van der Waals surface area contributed by atoms with Gasteiger partial charge in [-0.3, -0.25) is 9.89 Å². The zero-order valence-electron chi connectivity index (χ0n) is 11.9. The van der Waals surface area contributed by atoms with E-state index in [9.17, 15) is 4.79 Å². The van der Waals surface area contributed by atoms with Crippen LogP contribution in [0.2, 0.25) is 0 Å². The Balaban J connectivity index is 2.04. The number of aryl methyl sites for hydroxylation is 1. The molecule has 0 saturated carbocycles. The van der Waals surface area contributed by atoms with Crippen molar-refractivity contribution in [2.24, 2.45) is 5.92 Å². The molecule has 2 rings (SSSR count). The van der Waals surface area contributed by atoms with Gasteiger partial charge >= 0.3 is 0 Å². The molecule has 0 radical (unpaired) electrons. The smallest absolute Gasteiger partial charge is 0.256 e. The van der Waals surface area contributed by atoms with E-state index in [1.54, 1.807) is 24.3 Å². The second kappa shape index (κ2) is 6.23. The van der Waals surface area contributed by atoms with E-state index in [2.05, 4.69) is 29.4 Å². The summed E-state index contributed by atoms with van der Waals surface area (Å²) in [4.78, 5) is 12.1. The van der Waals surface area contributed by atoms with Crippen molar-refractivity contribution in [1.29, 1.82) is 0 Å². The summed E-state index contributed by atoms with van der Waals surface area (Å²) in [5, 5.41) is 9.49. The lowest BCUT2D eigenvalue weighted by Gasteiger charge is -2.09. The van der Waals surface area contributed by atoms with Crippen molar-refractivity contribution < 1.29 is 9.53 Å². The number of rotatable bonds is 5. The average Bonchev–Trinajstić information content (AvgIpc) is 2.82. The van der Waals surface area contributed by atoms with Gasteiger partial charge in [-0.1, -0.05) is 19.9 Å². The summed E-state index contributed by atoms with van der Waals surface area (Å²) in [5.41, 5.74) is 1.45. The Morgan fingerprint density at radius 1 is 1.40 bits per heavy atom. The number of ether oxygens (including phenoxy) is 1. The Morgan fingerprint density at radius 3 is 2.85 bits per heavy atom. The summed E-state index contributed by atoms with van der Waals surface area (Å²) in [5.74, 6) is 1.46. The SMILES string of the molecule is Cc1cc(NC(=O)c2cccc(OCC(C)C)c2)n[nH]1. The summed E-state index contributed by atoms with van der Waals surface area (Å²) in [6.45, 7) is 6.67. The van der Waals surface area contributed by atoms with Gasteiger partial charge in [0.1, 0.15) is 5.75 Å². The van der Waals surface area contributed by atoms with Crippen LogP contribution in [-0.2, 0) is 0 Å². The molecular formula is C15H19N3O2. The number of carbonyl (C=O) groups excluding carboxylic acids is 1. The summed E-state index contributed by atoms with van der Waals surface area (Å²) < 4.78 is 5.61. The molecule has 0 unspecified atom stereocenters. The standard InChI is InChI=1S/C15H19N3O2/c1-10(2)9-20-13-6-4-5-12(8-13)15(19)16-14-7-11(3)17-18-14/h4-8,10H,9H2,1-3H3,(H2,16,17,18,19). The highest BCUT2D eigenvalue weighted by Gasteiger charge is 2.09.